The summed E-state index contributed by atoms with van der Waals surface area (Å²) in [4.78, 5) is 11.2. The number of halogens is 1. The van der Waals surface area contributed by atoms with Crippen molar-refractivity contribution in [3.05, 3.63) is 57.3 Å². The van der Waals surface area contributed by atoms with Crippen molar-refractivity contribution in [2.45, 2.75) is 13.3 Å². The second kappa shape index (κ2) is 7.04. The molecule has 0 aliphatic carbocycles. The monoisotopic (exact) mass is 376 g/mol. The van der Waals surface area contributed by atoms with Crippen LogP contribution in [0.3, 0.4) is 0 Å². The molecule has 2 heterocycles. The van der Waals surface area contributed by atoms with Gasteiger partial charge in [0.1, 0.15) is 11.5 Å². The van der Waals surface area contributed by atoms with Gasteiger partial charge in [-0.2, -0.15) is 14.9 Å². The molecule has 0 unspecified atom stereocenters. The number of carbonyl (C=O) groups is 1. The number of nitrogens with one attached hydrogen (secondary N) is 1. The van der Waals surface area contributed by atoms with E-state index >= 15 is 0 Å². The third-order valence-electron chi connectivity index (χ3n) is 3.44. The van der Waals surface area contributed by atoms with E-state index in [0.717, 1.165) is 0 Å². The van der Waals surface area contributed by atoms with Gasteiger partial charge in [-0.3, -0.25) is 5.10 Å². The van der Waals surface area contributed by atoms with Crippen LogP contribution in [0.4, 0.5) is 0 Å². The number of aromatic nitrogens is 3. The van der Waals surface area contributed by atoms with Gasteiger partial charge >= 0.3 is 5.97 Å². The molecule has 0 aliphatic heterocycles. The highest BCUT2D eigenvalue weighted by molar-refractivity contribution is 7.71. The molecule has 0 fully saturated rings. The van der Waals surface area contributed by atoms with Crippen molar-refractivity contribution in [2.75, 3.05) is 0 Å². The van der Waals surface area contributed by atoms with Crippen molar-refractivity contribution < 1.29 is 14.3 Å². The molecule has 0 spiro atoms. The van der Waals surface area contributed by atoms with E-state index in [1.54, 1.807) is 18.2 Å². The van der Waals surface area contributed by atoms with Crippen molar-refractivity contribution >= 4 is 36.0 Å². The van der Waals surface area contributed by atoms with Gasteiger partial charge in [0.2, 0.25) is 4.77 Å². The predicted octanol–water partition coefficient (Wildman–Crippen LogP) is 4.00. The van der Waals surface area contributed by atoms with Crippen molar-refractivity contribution in [1.82, 2.24) is 14.9 Å². The number of hydrogen-bond acceptors (Lipinski definition) is 5. The number of carboxylic acids is 1. The number of aryl methyl sites for hydroxylation is 1. The molecule has 2 N–H and O–H groups in total. The van der Waals surface area contributed by atoms with Gasteiger partial charge in [0, 0.05) is 12.0 Å². The molecule has 0 amide bonds. The summed E-state index contributed by atoms with van der Waals surface area (Å²) in [6.07, 6.45) is 2.19. The zero-order valence-electron chi connectivity index (χ0n) is 13.1. The molecule has 0 radical (unpaired) electrons. The second-order valence-corrected chi connectivity index (χ2v) is 5.85. The van der Waals surface area contributed by atoms with E-state index < -0.39 is 5.97 Å². The van der Waals surface area contributed by atoms with Crippen molar-refractivity contribution in [1.29, 1.82) is 0 Å². The number of hydrogen-bond donors (Lipinski definition) is 2. The third kappa shape index (κ3) is 3.54. The van der Waals surface area contributed by atoms with Gasteiger partial charge in [0.15, 0.2) is 5.82 Å². The molecule has 7 nitrogen and oxygen atoms in total. The topological polar surface area (TPSA) is 96.4 Å². The standard InChI is InChI=1S/C16H13ClN4O3S/c1-2-14-19-20-16(25)21(14)18-8-10-4-6-13(24-10)9-3-5-12(17)11(7-9)15(22)23/h3-8H,2H2,1H3,(H,20,25)(H,22,23)/b18-8-. The fraction of sp³-hybridized carbons (Fsp3) is 0.125. The molecule has 0 saturated carbocycles. The molecule has 3 rings (SSSR count). The van der Waals surface area contributed by atoms with Gasteiger partial charge in [-0.1, -0.05) is 18.5 Å². The van der Waals surface area contributed by atoms with Gasteiger partial charge in [-0.25, -0.2) is 4.79 Å². The highest BCUT2D eigenvalue weighted by Crippen LogP contribution is 2.26. The van der Waals surface area contributed by atoms with Crippen LogP contribution < -0.4 is 0 Å². The quantitative estimate of drug-likeness (QED) is 0.518. The van der Waals surface area contributed by atoms with Crippen LogP contribution in [0.5, 0.6) is 0 Å². The number of rotatable bonds is 5. The predicted molar refractivity (Wildman–Crippen MR) is 95.9 cm³/mol. The summed E-state index contributed by atoms with van der Waals surface area (Å²) in [5.41, 5.74) is 0.624. The highest BCUT2D eigenvalue weighted by Gasteiger charge is 2.12. The van der Waals surface area contributed by atoms with E-state index in [4.69, 9.17) is 33.3 Å². The van der Waals surface area contributed by atoms with Gasteiger partial charge in [-0.15, -0.1) is 0 Å². The van der Waals surface area contributed by atoms with E-state index in [1.165, 1.54) is 23.0 Å². The molecule has 128 valence electrons. The van der Waals surface area contributed by atoms with Crippen LogP contribution in [0.25, 0.3) is 11.3 Å². The van der Waals surface area contributed by atoms with Crippen LogP contribution in [0.2, 0.25) is 5.02 Å². The fourth-order valence-corrected chi connectivity index (χ4v) is 2.60. The van der Waals surface area contributed by atoms with Crippen LogP contribution in [-0.4, -0.2) is 32.2 Å². The molecule has 2 aromatic heterocycles. The largest absolute Gasteiger partial charge is 0.478 e. The average Bonchev–Trinajstić information content (AvgIpc) is 3.19. The summed E-state index contributed by atoms with van der Waals surface area (Å²) >= 11 is 11.0. The molecule has 0 saturated heterocycles. The Morgan fingerprint density at radius 3 is 3.00 bits per heavy atom. The number of nitrogens with zero attached hydrogens (tertiary/aromatic N) is 3. The Labute approximate surface area is 152 Å². The van der Waals surface area contributed by atoms with E-state index in [2.05, 4.69) is 15.3 Å². The summed E-state index contributed by atoms with van der Waals surface area (Å²) in [7, 11) is 0. The van der Waals surface area contributed by atoms with Crippen LogP contribution in [0.1, 0.15) is 28.9 Å². The van der Waals surface area contributed by atoms with Crippen LogP contribution >= 0.6 is 23.8 Å². The second-order valence-electron chi connectivity index (χ2n) is 5.06. The Morgan fingerprint density at radius 1 is 1.48 bits per heavy atom. The Hall–Kier alpha value is -2.71. The number of benzene rings is 1. The first-order chi connectivity index (χ1) is 12.0. The zero-order valence-corrected chi connectivity index (χ0v) is 14.6. The van der Waals surface area contributed by atoms with Crippen molar-refractivity contribution in [3.63, 3.8) is 0 Å². The van der Waals surface area contributed by atoms with Gasteiger partial charge in [-0.05, 0) is 42.5 Å². The minimum absolute atomic E-state index is 0.0167. The lowest BCUT2D eigenvalue weighted by molar-refractivity contribution is 0.0697. The Bertz CT molecular complexity index is 1020. The smallest absolute Gasteiger partial charge is 0.337 e. The lowest BCUT2D eigenvalue weighted by Gasteiger charge is -2.02. The first kappa shape index (κ1) is 17.1. The molecule has 9 heteroatoms. The molecule has 0 atom stereocenters. The summed E-state index contributed by atoms with van der Waals surface area (Å²) in [5, 5.41) is 20.3. The summed E-state index contributed by atoms with van der Waals surface area (Å²) in [6, 6.07) is 8.13. The zero-order chi connectivity index (χ0) is 18.0. The van der Waals surface area contributed by atoms with E-state index in [1.807, 2.05) is 6.92 Å². The van der Waals surface area contributed by atoms with Crippen LogP contribution in [-0.2, 0) is 6.42 Å². The van der Waals surface area contributed by atoms with Crippen LogP contribution in [0, 0.1) is 4.77 Å². The molecular formula is C16H13ClN4O3S. The molecule has 1 aromatic carbocycles. The number of carboxylic acid groups (broad SMARTS) is 1. The maximum Gasteiger partial charge on any atom is 0.337 e. The Balaban J connectivity index is 1.89. The number of furan rings is 1. The van der Waals surface area contributed by atoms with Crippen molar-refractivity contribution in [3.8, 4) is 11.3 Å². The Morgan fingerprint density at radius 2 is 2.28 bits per heavy atom. The maximum absolute atomic E-state index is 11.2. The summed E-state index contributed by atoms with van der Waals surface area (Å²) < 4.78 is 7.60. The van der Waals surface area contributed by atoms with E-state index in [-0.39, 0.29) is 10.6 Å². The lowest BCUT2D eigenvalue weighted by Crippen LogP contribution is -1.97. The molecule has 0 aliphatic rings. The van der Waals surface area contributed by atoms with Crippen molar-refractivity contribution in [2.24, 2.45) is 5.10 Å². The highest BCUT2D eigenvalue weighted by atomic mass is 35.5. The number of H-pyrrole nitrogens is 1. The maximum atomic E-state index is 11.2. The molecular weight excluding hydrogens is 364 g/mol. The average molecular weight is 377 g/mol. The minimum Gasteiger partial charge on any atom is -0.478 e. The fourth-order valence-electron chi connectivity index (χ4n) is 2.21. The molecule has 25 heavy (non-hydrogen) atoms. The van der Waals surface area contributed by atoms with E-state index in [9.17, 15) is 4.79 Å². The molecule has 0 bridgehead atoms. The van der Waals surface area contributed by atoms with Crippen LogP contribution in [0.15, 0.2) is 39.9 Å². The SMILES string of the molecule is CCc1n[nH]c(=S)n1/N=C\c1ccc(-c2ccc(Cl)c(C(=O)O)c2)o1. The summed E-state index contributed by atoms with van der Waals surface area (Å²) in [6.45, 7) is 1.95. The first-order valence-corrected chi connectivity index (χ1v) is 8.12. The van der Waals surface area contributed by atoms with Gasteiger partial charge < -0.3 is 9.52 Å². The first-order valence-electron chi connectivity index (χ1n) is 7.33. The minimum atomic E-state index is -1.10. The normalized spacial score (nSPS) is 11.3. The van der Waals surface area contributed by atoms with E-state index in [0.29, 0.717) is 34.1 Å². The summed E-state index contributed by atoms with van der Waals surface area (Å²) in [5.74, 6) is 0.609. The Kier molecular flexibility index (Phi) is 4.82. The lowest BCUT2D eigenvalue weighted by atomic mass is 10.1. The number of aromatic amines is 1. The molecule has 3 aromatic rings. The van der Waals surface area contributed by atoms with Gasteiger partial charge in [0.05, 0.1) is 16.8 Å². The van der Waals surface area contributed by atoms with Gasteiger partial charge in [0.25, 0.3) is 0 Å². The number of aromatic carboxylic acids is 1. The third-order valence-corrected chi connectivity index (χ3v) is 4.04.